The number of benzene rings is 3. The molecule has 0 bridgehead atoms. The molecule has 230 valence electrons. The van der Waals surface area contributed by atoms with E-state index in [9.17, 15) is 14.4 Å². The molecule has 0 saturated carbocycles. The Morgan fingerprint density at radius 2 is 1.58 bits per heavy atom. The molecule has 1 aromatic heterocycles. The van der Waals surface area contributed by atoms with Gasteiger partial charge in [0.15, 0.2) is 0 Å². The Morgan fingerprint density at radius 1 is 0.911 bits per heavy atom. The third-order valence-corrected chi connectivity index (χ3v) is 9.68. The van der Waals surface area contributed by atoms with E-state index < -0.39 is 29.6 Å². The first-order valence-corrected chi connectivity index (χ1v) is 15.6. The van der Waals surface area contributed by atoms with Crippen LogP contribution in [0.25, 0.3) is 22.0 Å². The average molecular weight is 604 g/mol. The quantitative estimate of drug-likeness (QED) is 0.277. The number of nitrogens with one attached hydrogen (secondary N) is 1. The van der Waals surface area contributed by atoms with Gasteiger partial charge in [0.1, 0.15) is 18.7 Å². The number of H-pyrrole nitrogens is 1. The van der Waals surface area contributed by atoms with Crippen molar-refractivity contribution in [2.24, 2.45) is 0 Å². The lowest BCUT2D eigenvalue weighted by molar-refractivity contribution is -0.152. The minimum absolute atomic E-state index is 0.0771. The zero-order chi connectivity index (χ0) is 31.3. The Kier molecular flexibility index (Phi) is 7.23. The van der Waals surface area contributed by atoms with E-state index in [1.165, 1.54) is 16.9 Å². The zero-order valence-electron chi connectivity index (χ0n) is 25.8. The molecule has 3 aliphatic rings. The molecule has 3 heterocycles. The monoisotopic (exact) mass is 603 g/mol. The molecule has 45 heavy (non-hydrogen) atoms. The highest BCUT2D eigenvalue weighted by atomic mass is 16.6. The predicted molar refractivity (Wildman–Crippen MR) is 172 cm³/mol. The molecule has 0 radical (unpaired) electrons. The molecule has 1 aliphatic carbocycles. The second-order valence-corrected chi connectivity index (χ2v) is 12.7. The van der Waals surface area contributed by atoms with Crippen molar-refractivity contribution in [1.29, 1.82) is 0 Å². The second-order valence-electron chi connectivity index (χ2n) is 12.7. The van der Waals surface area contributed by atoms with Gasteiger partial charge in [-0.1, -0.05) is 86.7 Å². The largest absolute Gasteiger partial charge is 0.467 e. The van der Waals surface area contributed by atoms with Crippen LogP contribution in [-0.2, 0) is 30.9 Å². The summed E-state index contributed by atoms with van der Waals surface area (Å²) in [6, 6.07) is 22.8. The zero-order valence-corrected chi connectivity index (χ0v) is 25.8. The fourth-order valence-electron chi connectivity index (χ4n) is 7.36. The molecule has 2 atom stereocenters. The van der Waals surface area contributed by atoms with E-state index >= 15 is 0 Å². The van der Waals surface area contributed by atoms with Crippen LogP contribution in [0.3, 0.4) is 0 Å². The second kappa shape index (κ2) is 11.3. The smallest absolute Gasteiger partial charge is 0.410 e. The Balaban J connectivity index is 1.14. The van der Waals surface area contributed by atoms with Crippen LogP contribution in [0, 0.1) is 0 Å². The van der Waals surface area contributed by atoms with Crippen LogP contribution in [0.1, 0.15) is 55.0 Å². The number of aromatic nitrogens is 1. The summed E-state index contributed by atoms with van der Waals surface area (Å²) in [5.41, 5.74) is 7.08. The van der Waals surface area contributed by atoms with E-state index in [1.54, 1.807) is 6.20 Å². The molecule has 2 amide bonds. The molecular formula is C37H37N3O5. The van der Waals surface area contributed by atoms with E-state index in [2.05, 4.69) is 43.1 Å². The fraction of sp³-hybridized carbons (Fsp3) is 0.324. The van der Waals surface area contributed by atoms with Crippen LogP contribution < -0.4 is 0 Å². The first kappa shape index (κ1) is 28.9. The van der Waals surface area contributed by atoms with Gasteiger partial charge in [-0.3, -0.25) is 9.69 Å². The summed E-state index contributed by atoms with van der Waals surface area (Å²) in [7, 11) is 1.34. The molecule has 4 aromatic rings. The van der Waals surface area contributed by atoms with E-state index in [4.69, 9.17) is 9.47 Å². The van der Waals surface area contributed by atoms with E-state index in [0.29, 0.717) is 19.4 Å². The van der Waals surface area contributed by atoms with Gasteiger partial charge < -0.3 is 19.4 Å². The summed E-state index contributed by atoms with van der Waals surface area (Å²) in [6.07, 6.45) is 4.57. The maximum atomic E-state index is 14.3. The van der Waals surface area contributed by atoms with Crippen LogP contribution in [0.2, 0.25) is 0 Å². The van der Waals surface area contributed by atoms with Crippen molar-refractivity contribution in [2.45, 2.75) is 56.5 Å². The number of amides is 2. The van der Waals surface area contributed by atoms with Crippen molar-refractivity contribution in [3.63, 3.8) is 0 Å². The number of hydrogen-bond donors (Lipinski definition) is 1. The van der Waals surface area contributed by atoms with Crippen LogP contribution >= 0.6 is 0 Å². The minimum atomic E-state index is -0.891. The topological polar surface area (TPSA) is 91.9 Å². The molecule has 7 rings (SSSR count). The number of esters is 1. The summed E-state index contributed by atoms with van der Waals surface area (Å²) in [4.78, 5) is 47.8. The molecule has 1 N–H and O–H groups in total. The van der Waals surface area contributed by atoms with Gasteiger partial charge in [-0.25, -0.2) is 9.59 Å². The van der Waals surface area contributed by atoms with Gasteiger partial charge in [0.05, 0.1) is 7.11 Å². The summed E-state index contributed by atoms with van der Waals surface area (Å²) >= 11 is 0. The third-order valence-electron chi connectivity index (χ3n) is 9.68. The average Bonchev–Trinajstić information content (AvgIpc) is 3.77. The maximum absolute atomic E-state index is 14.3. The number of hydrogen-bond acceptors (Lipinski definition) is 5. The number of carbonyl (C=O) groups is 3. The van der Waals surface area contributed by atoms with Gasteiger partial charge in [0.25, 0.3) is 0 Å². The first-order valence-electron chi connectivity index (χ1n) is 15.6. The molecule has 0 spiro atoms. The van der Waals surface area contributed by atoms with E-state index in [0.717, 1.165) is 44.4 Å². The minimum Gasteiger partial charge on any atom is -0.467 e. The molecule has 8 heteroatoms. The predicted octanol–water partition coefficient (Wildman–Crippen LogP) is 6.30. The number of methoxy groups -OCH3 is 1. The number of allylic oxidation sites excluding steroid dienone is 1. The van der Waals surface area contributed by atoms with Crippen LogP contribution in [-0.4, -0.2) is 65.1 Å². The normalized spacial score (nSPS) is 21.0. The molecule has 8 nitrogen and oxygen atoms in total. The Morgan fingerprint density at radius 3 is 2.29 bits per heavy atom. The summed E-state index contributed by atoms with van der Waals surface area (Å²) < 4.78 is 11.2. The van der Waals surface area contributed by atoms with E-state index in [1.807, 2.05) is 54.6 Å². The first-order chi connectivity index (χ1) is 21.8. The molecule has 0 unspecified atom stereocenters. The highest BCUT2D eigenvalue weighted by Gasteiger charge is 2.43. The number of para-hydroxylation sites is 1. The number of rotatable bonds is 4. The summed E-state index contributed by atoms with van der Waals surface area (Å²) in [6.45, 7) is 4.75. The standard InChI is InChI=1S/C37H37N3O5/c1-37(2)18-20-39(32(35(42)44-3)21-28-27-15-8-9-16-30(27)38-33(28)37)34(41)31-17-10-19-40(31)36(43)45-22-29-25-13-6-4-11-23(25)24-12-5-7-14-26(24)29/h4-9,11-16,18,20,29,31-32,38H,10,17,19,21-22H2,1-3H3/b20-18-/t31-,32-/m0/s1. The third kappa shape index (κ3) is 4.89. The number of ether oxygens (including phenoxy) is 2. The van der Waals surface area contributed by atoms with Gasteiger partial charge in [0, 0.05) is 47.1 Å². The van der Waals surface area contributed by atoms with Crippen LogP contribution in [0.5, 0.6) is 0 Å². The van der Waals surface area contributed by atoms with Gasteiger partial charge in [-0.05, 0) is 46.7 Å². The van der Waals surface area contributed by atoms with Crippen LogP contribution in [0.15, 0.2) is 85.1 Å². The molecule has 1 fully saturated rings. The summed E-state index contributed by atoms with van der Waals surface area (Å²) in [5, 5.41) is 1.01. The molecule has 2 aliphatic heterocycles. The van der Waals surface area contributed by atoms with Crippen molar-refractivity contribution in [2.75, 3.05) is 20.3 Å². The lowest BCUT2D eigenvalue weighted by atomic mass is 9.83. The fourth-order valence-corrected chi connectivity index (χ4v) is 7.36. The molecule has 1 saturated heterocycles. The van der Waals surface area contributed by atoms with E-state index in [-0.39, 0.29) is 24.9 Å². The maximum Gasteiger partial charge on any atom is 0.410 e. The lowest BCUT2D eigenvalue weighted by Gasteiger charge is -2.35. The Bertz CT molecular complexity index is 1790. The SMILES string of the molecule is COC(=O)[C@@H]1Cc2c([nH]c3ccccc23)C(C)(C)/C=C\N1C(=O)[C@@H]1CCCN1C(=O)OCC1c2ccccc2-c2ccccc21. The number of nitrogens with zero attached hydrogens (tertiary/aromatic N) is 2. The van der Waals surface area contributed by atoms with Gasteiger partial charge in [-0.15, -0.1) is 0 Å². The highest BCUT2D eigenvalue weighted by Crippen LogP contribution is 2.44. The van der Waals surface area contributed by atoms with Gasteiger partial charge in [0.2, 0.25) is 5.91 Å². The Labute approximate surface area is 262 Å². The van der Waals surface area contributed by atoms with Crippen molar-refractivity contribution in [3.8, 4) is 11.1 Å². The van der Waals surface area contributed by atoms with Crippen molar-refractivity contribution in [1.82, 2.24) is 14.8 Å². The van der Waals surface area contributed by atoms with Crippen LogP contribution in [0.4, 0.5) is 4.79 Å². The van der Waals surface area contributed by atoms with Crippen molar-refractivity contribution < 1.29 is 23.9 Å². The number of carbonyl (C=O) groups excluding carboxylic acids is 3. The summed E-state index contributed by atoms with van der Waals surface area (Å²) in [5.74, 6) is -0.895. The van der Waals surface area contributed by atoms with Crippen molar-refractivity contribution >= 4 is 28.9 Å². The lowest BCUT2D eigenvalue weighted by Crippen LogP contribution is -2.52. The van der Waals surface area contributed by atoms with Gasteiger partial charge in [-0.2, -0.15) is 0 Å². The highest BCUT2D eigenvalue weighted by molar-refractivity contribution is 5.92. The Hall–Kier alpha value is -4.85. The number of aromatic amines is 1. The van der Waals surface area contributed by atoms with Crippen molar-refractivity contribution in [3.05, 3.63) is 107 Å². The van der Waals surface area contributed by atoms with Gasteiger partial charge >= 0.3 is 12.1 Å². The molecular weight excluding hydrogens is 566 g/mol. The number of likely N-dealkylation sites (tertiary alicyclic amines) is 1. The number of fused-ring (bicyclic) bond motifs is 6. The molecule has 3 aromatic carbocycles.